The molecular formula is C10H8N2O2. The van der Waals surface area contributed by atoms with E-state index in [-0.39, 0.29) is 0 Å². The second-order valence-electron chi connectivity index (χ2n) is 2.89. The molecule has 1 aliphatic heterocycles. The maximum atomic E-state index is 11.0. The number of carbonyl (C=O) groups excluding carboxylic acids is 1. The molecule has 0 aliphatic carbocycles. The minimum absolute atomic E-state index is 0.587. The van der Waals surface area contributed by atoms with Crippen molar-refractivity contribution in [3.05, 3.63) is 35.9 Å². The van der Waals surface area contributed by atoms with Gasteiger partial charge in [-0.05, 0) is 12.1 Å². The van der Waals surface area contributed by atoms with Gasteiger partial charge in [0, 0.05) is 5.56 Å². The summed E-state index contributed by atoms with van der Waals surface area (Å²) in [5.74, 6) is 0.0627. The maximum absolute atomic E-state index is 11.0. The van der Waals surface area contributed by atoms with E-state index in [4.69, 9.17) is 10.3 Å². The van der Waals surface area contributed by atoms with Gasteiger partial charge in [-0.3, -0.25) is 4.79 Å². The summed E-state index contributed by atoms with van der Waals surface area (Å²) >= 11 is 0. The quantitative estimate of drug-likeness (QED) is 0.685. The van der Waals surface area contributed by atoms with Crippen molar-refractivity contribution in [2.24, 2.45) is 5.11 Å². The van der Waals surface area contributed by atoms with Crippen LogP contribution in [0.4, 0.5) is 0 Å². The van der Waals surface area contributed by atoms with Crippen LogP contribution in [0.25, 0.3) is 6.08 Å². The number of fused-ring (bicyclic) bond motifs is 1. The van der Waals surface area contributed by atoms with Gasteiger partial charge in [-0.25, -0.2) is 5.53 Å². The summed E-state index contributed by atoms with van der Waals surface area (Å²) in [4.78, 5) is 11.0. The topological polar surface area (TPSA) is 62.5 Å². The maximum Gasteiger partial charge on any atom is 0.308 e. The van der Waals surface area contributed by atoms with Gasteiger partial charge in [-0.2, -0.15) is 0 Å². The van der Waals surface area contributed by atoms with Gasteiger partial charge in [0.2, 0.25) is 0 Å². The van der Waals surface area contributed by atoms with Gasteiger partial charge in [0.05, 0.1) is 0 Å². The molecule has 4 heteroatoms. The van der Waals surface area contributed by atoms with Crippen molar-refractivity contribution < 1.29 is 9.53 Å². The number of nitrogens with zero attached hydrogens (tertiary/aromatic N) is 1. The Balaban J connectivity index is 2.29. The molecule has 1 atom stereocenters. The number of hydrogen-bond donors (Lipinski definition) is 1. The molecule has 1 aromatic carbocycles. The average Bonchev–Trinajstić information content (AvgIpc) is 2.27. The standard InChI is InChI=1S/C10H8N2O2/c11-12-10(13)9-6-5-7-3-1-2-4-8(7)14-9/h1-6,9,11H. The molecule has 70 valence electrons. The average molecular weight is 188 g/mol. The molecule has 0 radical (unpaired) electrons. The Labute approximate surface area is 80.7 Å². The van der Waals surface area contributed by atoms with E-state index in [1.165, 1.54) is 0 Å². The predicted octanol–water partition coefficient (Wildman–Crippen LogP) is 2.02. The first kappa shape index (κ1) is 8.62. The Kier molecular flexibility index (Phi) is 2.10. The number of benzene rings is 1. The van der Waals surface area contributed by atoms with E-state index in [1.807, 2.05) is 18.2 Å². The van der Waals surface area contributed by atoms with Crippen LogP contribution in [0.1, 0.15) is 5.56 Å². The fourth-order valence-corrected chi connectivity index (χ4v) is 1.29. The first-order chi connectivity index (χ1) is 6.81. The molecule has 14 heavy (non-hydrogen) atoms. The third-order valence-corrected chi connectivity index (χ3v) is 1.98. The predicted molar refractivity (Wildman–Crippen MR) is 50.0 cm³/mol. The smallest absolute Gasteiger partial charge is 0.308 e. The van der Waals surface area contributed by atoms with Crippen molar-refractivity contribution in [2.45, 2.75) is 6.10 Å². The largest absolute Gasteiger partial charge is 0.476 e. The highest BCUT2D eigenvalue weighted by Crippen LogP contribution is 2.25. The molecule has 4 nitrogen and oxygen atoms in total. The fourth-order valence-electron chi connectivity index (χ4n) is 1.29. The van der Waals surface area contributed by atoms with Crippen molar-refractivity contribution in [3.63, 3.8) is 0 Å². The van der Waals surface area contributed by atoms with Crippen LogP contribution in [-0.2, 0) is 4.79 Å². The summed E-state index contributed by atoms with van der Waals surface area (Å²) in [6.45, 7) is 0. The van der Waals surface area contributed by atoms with Crippen LogP contribution < -0.4 is 4.74 Å². The summed E-state index contributed by atoms with van der Waals surface area (Å²) in [6.07, 6.45) is 2.65. The van der Waals surface area contributed by atoms with Gasteiger partial charge >= 0.3 is 5.91 Å². The Morgan fingerprint density at radius 2 is 2.21 bits per heavy atom. The molecular weight excluding hydrogens is 180 g/mol. The minimum Gasteiger partial charge on any atom is -0.476 e. The summed E-state index contributed by atoms with van der Waals surface area (Å²) in [5, 5.41) is 2.82. The number of carbonyl (C=O) groups is 1. The van der Waals surface area contributed by atoms with E-state index in [1.54, 1.807) is 18.2 Å². The molecule has 0 saturated carbocycles. The van der Waals surface area contributed by atoms with E-state index in [0.717, 1.165) is 5.56 Å². The number of nitrogens with one attached hydrogen (secondary N) is 1. The molecule has 1 aliphatic rings. The second-order valence-corrected chi connectivity index (χ2v) is 2.89. The summed E-state index contributed by atoms with van der Waals surface area (Å²) in [6, 6.07) is 7.40. The highest BCUT2D eigenvalue weighted by Gasteiger charge is 2.20. The molecule has 0 spiro atoms. The molecule has 1 heterocycles. The van der Waals surface area contributed by atoms with Crippen molar-refractivity contribution in [1.29, 1.82) is 5.53 Å². The Morgan fingerprint density at radius 3 is 3.00 bits per heavy atom. The monoisotopic (exact) mass is 188 g/mol. The van der Waals surface area contributed by atoms with E-state index in [0.29, 0.717) is 5.75 Å². The number of rotatable bonds is 1. The zero-order valence-corrected chi connectivity index (χ0v) is 7.31. The van der Waals surface area contributed by atoms with Gasteiger partial charge in [0.15, 0.2) is 6.10 Å². The SMILES string of the molecule is N=NC(=O)C1C=Cc2ccccc2O1. The lowest BCUT2D eigenvalue weighted by atomic mass is 10.1. The number of ether oxygens (including phenoxy) is 1. The third-order valence-electron chi connectivity index (χ3n) is 1.98. The van der Waals surface area contributed by atoms with E-state index in [9.17, 15) is 4.79 Å². The molecule has 2 rings (SSSR count). The zero-order valence-electron chi connectivity index (χ0n) is 7.31. The molecule has 1 amide bonds. The lowest BCUT2D eigenvalue weighted by Gasteiger charge is -2.17. The van der Waals surface area contributed by atoms with Crippen molar-refractivity contribution >= 4 is 12.0 Å². The van der Waals surface area contributed by atoms with Gasteiger partial charge in [0.25, 0.3) is 0 Å². The molecule has 1 N–H and O–H groups in total. The summed E-state index contributed by atoms with van der Waals surface area (Å²) < 4.78 is 5.33. The van der Waals surface area contributed by atoms with Crippen molar-refractivity contribution in [3.8, 4) is 5.75 Å². The normalized spacial score (nSPS) is 18.1. The van der Waals surface area contributed by atoms with E-state index >= 15 is 0 Å². The summed E-state index contributed by atoms with van der Waals surface area (Å²) in [5.41, 5.74) is 7.52. The number of para-hydroxylation sites is 1. The number of hydrogen-bond acceptors (Lipinski definition) is 3. The van der Waals surface area contributed by atoms with Crippen LogP contribution in [0.3, 0.4) is 0 Å². The van der Waals surface area contributed by atoms with Crippen LogP contribution in [0.15, 0.2) is 35.5 Å². The van der Waals surface area contributed by atoms with Crippen LogP contribution in [-0.4, -0.2) is 12.0 Å². The molecule has 0 bridgehead atoms. The molecule has 1 aromatic rings. The van der Waals surface area contributed by atoms with Crippen LogP contribution in [0, 0.1) is 5.53 Å². The molecule has 0 fully saturated rings. The Morgan fingerprint density at radius 1 is 1.43 bits per heavy atom. The summed E-state index contributed by atoms with van der Waals surface area (Å²) in [7, 11) is 0. The van der Waals surface area contributed by atoms with Crippen LogP contribution in [0.2, 0.25) is 0 Å². The van der Waals surface area contributed by atoms with Crippen LogP contribution >= 0.6 is 0 Å². The first-order valence-corrected chi connectivity index (χ1v) is 4.16. The molecule has 1 unspecified atom stereocenters. The second kappa shape index (κ2) is 3.41. The highest BCUT2D eigenvalue weighted by atomic mass is 16.5. The van der Waals surface area contributed by atoms with Crippen molar-refractivity contribution in [1.82, 2.24) is 0 Å². The number of amides is 1. The lowest BCUT2D eigenvalue weighted by molar-refractivity contribution is -0.123. The highest BCUT2D eigenvalue weighted by molar-refractivity contribution is 5.85. The van der Waals surface area contributed by atoms with Gasteiger partial charge in [-0.15, -0.1) is 5.11 Å². The zero-order chi connectivity index (χ0) is 9.97. The van der Waals surface area contributed by atoms with E-state index < -0.39 is 12.0 Å². The first-order valence-electron chi connectivity index (χ1n) is 4.16. The van der Waals surface area contributed by atoms with Crippen LogP contribution in [0.5, 0.6) is 5.75 Å². The van der Waals surface area contributed by atoms with Crippen molar-refractivity contribution in [2.75, 3.05) is 0 Å². The minimum atomic E-state index is -0.748. The Hall–Kier alpha value is -1.97. The molecule has 0 saturated heterocycles. The van der Waals surface area contributed by atoms with E-state index in [2.05, 4.69) is 5.11 Å². The lowest BCUT2D eigenvalue weighted by Crippen LogP contribution is -2.25. The third kappa shape index (κ3) is 1.42. The van der Waals surface area contributed by atoms with Gasteiger partial charge in [0.1, 0.15) is 5.75 Å². The fraction of sp³-hybridized carbons (Fsp3) is 0.100. The van der Waals surface area contributed by atoms with Gasteiger partial charge < -0.3 is 4.74 Å². The molecule has 0 aromatic heterocycles. The van der Waals surface area contributed by atoms with Gasteiger partial charge in [-0.1, -0.05) is 24.3 Å². The Bertz CT molecular complexity index is 412.